The first-order valence-corrected chi connectivity index (χ1v) is 9.48. The van der Waals surface area contributed by atoms with Gasteiger partial charge in [0.15, 0.2) is 11.5 Å². The zero-order valence-electron chi connectivity index (χ0n) is 13.8. The predicted octanol–water partition coefficient (Wildman–Crippen LogP) is 4.44. The number of benzene rings is 1. The molecule has 1 aromatic carbocycles. The minimum absolute atomic E-state index is 0.0948. The highest BCUT2D eigenvalue weighted by Crippen LogP contribution is 2.31. The van der Waals surface area contributed by atoms with E-state index in [0.29, 0.717) is 29.4 Å². The summed E-state index contributed by atoms with van der Waals surface area (Å²) in [6.45, 7) is 1.15. The summed E-state index contributed by atoms with van der Waals surface area (Å²) < 4.78 is 25.1. The number of phenols is 1. The highest BCUT2D eigenvalue weighted by Gasteiger charge is 2.14. The van der Waals surface area contributed by atoms with Crippen LogP contribution in [0.5, 0.6) is 11.5 Å². The second kappa shape index (κ2) is 8.70. The van der Waals surface area contributed by atoms with Crippen molar-refractivity contribution in [1.29, 1.82) is 0 Å². The number of phenolic OH excluding ortho intramolecular Hbond substituents is 1. The first kappa shape index (κ1) is 18.9. The summed E-state index contributed by atoms with van der Waals surface area (Å²) in [4.78, 5) is 7.22. The van der Waals surface area contributed by atoms with E-state index in [1.165, 1.54) is 12.1 Å². The lowest BCUT2D eigenvalue weighted by Gasteiger charge is -2.11. The van der Waals surface area contributed by atoms with E-state index >= 15 is 0 Å². The molecule has 2 aromatic heterocycles. The Bertz CT molecular complexity index is 904. The van der Waals surface area contributed by atoms with Gasteiger partial charge in [0, 0.05) is 35.6 Å². The van der Waals surface area contributed by atoms with Crippen molar-refractivity contribution < 1.29 is 19.0 Å². The van der Waals surface area contributed by atoms with Gasteiger partial charge in [-0.05, 0) is 23.3 Å². The van der Waals surface area contributed by atoms with Gasteiger partial charge in [-0.2, -0.15) is 0 Å². The highest BCUT2D eigenvalue weighted by molar-refractivity contribution is 9.09. The van der Waals surface area contributed by atoms with E-state index in [2.05, 4.69) is 25.9 Å². The van der Waals surface area contributed by atoms with Crippen LogP contribution in [-0.2, 0) is 11.2 Å². The van der Waals surface area contributed by atoms with Crippen LogP contribution in [0, 0.1) is 5.82 Å². The maximum atomic E-state index is 14.5. The number of H-pyrrole nitrogens is 1. The Morgan fingerprint density at radius 1 is 1.19 bits per heavy atom. The number of pyridine rings is 1. The van der Waals surface area contributed by atoms with Gasteiger partial charge < -0.3 is 19.6 Å². The molecule has 0 saturated carbocycles. The predicted molar refractivity (Wildman–Crippen MR) is 102 cm³/mol. The van der Waals surface area contributed by atoms with Crippen LogP contribution in [0.15, 0.2) is 30.6 Å². The Hall–Kier alpha value is -1.83. The lowest BCUT2D eigenvalue weighted by molar-refractivity contribution is 0.111. The molecular formula is C18H17BrClFN2O3. The van der Waals surface area contributed by atoms with E-state index in [-0.39, 0.29) is 24.5 Å². The van der Waals surface area contributed by atoms with Crippen molar-refractivity contribution in [2.45, 2.75) is 6.42 Å². The number of rotatable bonds is 8. The van der Waals surface area contributed by atoms with Gasteiger partial charge in [-0.1, -0.05) is 27.5 Å². The number of aromatic amines is 1. The zero-order chi connectivity index (χ0) is 18.5. The van der Waals surface area contributed by atoms with E-state index in [1.807, 2.05) is 0 Å². The molecule has 2 N–H and O–H groups in total. The van der Waals surface area contributed by atoms with Gasteiger partial charge in [0.05, 0.1) is 18.2 Å². The fraction of sp³-hybridized carbons (Fsp3) is 0.278. The number of nitrogens with one attached hydrogen (secondary N) is 1. The molecule has 0 aliphatic rings. The number of alkyl halides is 1. The van der Waals surface area contributed by atoms with Crippen molar-refractivity contribution in [1.82, 2.24) is 9.97 Å². The maximum absolute atomic E-state index is 14.5. The second-order valence-corrected chi connectivity index (χ2v) is 6.83. The molecular weight excluding hydrogens is 427 g/mol. The van der Waals surface area contributed by atoms with Crippen LogP contribution in [0.25, 0.3) is 11.0 Å². The lowest BCUT2D eigenvalue weighted by Crippen LogP contribution is -2.08. The minimum Gasteiger partial charge on any atom is -0.504 e. The maximum Gasteiger partial charge on any atom is 0.163 e. The second-order valence-electron chi connectivity index (χ2n) is 5.60. The molecule has 0 radical (unpaired) electrons. The van der Waals surface area contributed by atoms with Crippen LogP contribution in [0.4, 0.5) is 4.39 Å². The van der Waals surface area contributed by atoms with Gasteiger partial charge >= 0.3 is 0 Å². The topological polar surface area (TPSA) is 67.4 Å². The summed E-state index contributed by atoms with van der Waals surface area (Å²) in [6.07, 6.45) is 3.59. The molecule has 0 bridgehead atoms. The van der Waals surface area contributed by atoms with E-state index in [0.717, 1.165) is 16.3 Å². The average molecular weight is 444 g/mol. The summed E-state index contributed by atoms with van der Waals surface area (Å²) in [5, 5.41) is 12.2. The quantitative estimate of drug-likeness (QED) is 0.399. The van der Waals surface area contributed by atoms with Crippen molar-refractivity contribution in [3.05, 3.63) is 52.6 Å². The van der Waals surface area contributed by atoms with Crippen molar-refractivity contribution in [3.63, 3.8) is 0 Å². The number of fused-ring (bicyclic) bond motifs is 1. The number of ether oxygens (including phenoxy) is 2. The van der Waals surface area contributed by atoms with E-state index in [4.69, 9.17) is 21.1 Å². The summed E-state index contributed by atoms with van der Waals surface area (Å²) in [6, 6.07) is 4.34. The van der Waals surface area contributed by atoms with E-state index in [1.54, 1.807) is 18.5 Å². The molecule has 3 aromatic rings. The number of hydrogen-bond acceptors (Lipinski definition) is 4. The van der Waals surface area contributed by atoms with Gasteiger partial charge in [0.25, 0.3) is 0 Å². The number of nitrogens with zero attached hydrogens (tertiary/aromatic N) is 1. The van der Waals surface area contributed by atoms with Gasteiger partial charge in [0.2, 0.25) is 0 Å². The average Bonchev–Trinajstić information content (AvgIpc) is 3.00. The summed E-state index contributed by atoms with van der Waals surface area (Å²) in [5.41, 5.74) is 1.87. The van der Waals surface area contributed by atoms with Crippen LogP contribution in [-0.4, -0.2) is 40.2 Å². The summed E-state index contributed by atoms with van der Waals surface area (Å²) >= 11 is 9.24. The molecule has 0 atom stereocenters. The lowest BCUT2D eigenvalue weighted by atomic mass is 10.0. The van der Waals surface area contributed by atoms with Crippen molar-refractivity contribution in [2.75, 3.05) is 25.2 Å². The van der Waals surface area contributed by atoms with Crippen LogP contribution in [0.2, 0.25) is 5.02 Å². The largest absolute Gasteiger partial charge is 0.504 e. The fourth-order valence-electron chi connectivity index (χ4n) is 2.59. The summed E-state index contributed by atoms with van der Waals surface area (Å²) in [7, 11) is 0. The number of hydrogen-bond donors (Lipinski definition) is 2. The first-order valence-electron chi connectivity index (χ1n) is 7.98. The summed E-state index contributed by atoms with van der Waals surface area (Å²) in [5.74, 6) is -0.473. The molecule has 0 aliphatic heterocycles. The molecule has 26 heavy (non-hydrogen) atoms. The normalized spacial score (nSPS) is 11.2. The molecule has 0 aliphatic carbocycles. The monoisotopic (exact) mass is 442 g/mol. The molecule has 8 heteroatoms. The Morgan fingerprint density at radius 2 is 2.04 bits per heavy atom. The minimum atomic E-state index is -0.455. The molecule has 2 heterocycles. The van der Waals surface area contributed by atoms with Crippen molar-refractivity contribution in [3.8, 4) is 11.5 Å². The zero-order valence-corrected chi connectivity index (χ0v) is 16.1. The number of halogens is 3. The van der Waals surface area contributed by atoms with Gasteiger partial charge in [-0.25, -0.2) is 9.37 Å². The third-order valence-electron chi connectivity index (χ3n) is 3.80. The highest BCUT2D eigenvalue weighted by atomic mass is 79.9. The molecule has 0 unspecified atom stereocenters. The van der Waals surface area contributed by atoms with Crippen molar-refractivity contribution in [2.24, 2.45) is 0 Å². The number of aromatic nitrogens is 2. The third kappa shape index (κ3) is 4.47. The van der Waals surface area contributed by atoms with E-state index < -0.39 is 5.82 Å². The standard InChI is InChI=1S/C18H17BrClFN2O3/c19-1-2-25-3-4-26-17-8-15(21)11(6-16(17)24)5-12-9-22-18-14(12)7-13(20)10-23-18/h6-10,24H,1-5H2,(H,22,23). The Morgan fingerprint density at radius 3 is 2.85 bits per heavy atom. The SMILES string of the molecule is Oc1cc(Cc2c[nH]c3ncc(Cl)cc23)c(F)cc1OCCOCCBr. The van der Waals surface area contributed by atoms with Gasteiger partial charge in [-0.3, -0.25) is 0 Å². The van der Waals surface area contributed by atoms with Crippen LogP contribution in [0.3, 0.4) is 0 Å². The van der Waals surface area contributed by atoms with E-state index in [9.17, 15) is 9.50 Å². The smallest absolute Gasteiger partial charge is 0.163 e. The molecule has 138 valence electrons. The fourth-order valence-corrected chi connectivity index (χ4v) is 2.98. The molecule has 0 spiro atoms. The molecule has 5 nitrogen and oxygen atoms in total. The number of aromatic hydroxyl groups is 1. The van der Waals surface area contributed by atoms with Crippen molar-refractivity contribution >= 4 is 38.6 Å². The molecule has 0 fully saturated rings. The van der Waals surface area contributed by atoms with Crippen LogP contribution >= 0.6 is 27.5 Å². The van der Waals surface area contributed by atoms with Crippen LogP contribution in [0.1, 0.15) is 11.1 Å². The molecule has 0 amide bonds. The van der Waals surface area contributed by atoms with Gasteiger partial charge in [0.1, 0.15) is 18.1 Å². The molecule has 3 rings (SSSR count). The Kier molecular flexibility index (Phi) is 6.34. The third-order valence-corrected chi connectivity index (χ3v) is 4.33. The van der Waals surface area contributed by atoms with Gasteiger partial charge in [-0.15, -0.1) is 0 Å². The molecule has 0 saturated heterocycles. The Balaban J connectivity index is 1.74. The first-order chi connectivity index (χ1) is 12.6. The Labute approximate surface area is 163 Å². The van der Waals surface area contributed by atoms with Crippen LogP contribution < -0.4 is 4.74 Å².